The fourth-order valence-corrected chi connectivity index (χ4v) is 2.56. The van der Waals surface area contributed by atoms with Gasteiger partial charge in [-0.25, -0.2) is 12.8 Å². The van der Waals surface area contributed by atoms with Gasteiger partial charge in [0.05, 0.1) is 12.4 Å². The van der Waals surface area contributed by atoms with Gasteiger partial charge >= 0.3 is 0 Å². The summed E-state index contributed by atoms with van der Waals surface area (Å²) in [5.41, 5.74) is 0.783. The van der Waals surface area contributed by atoms with E-state index >= 15 is 0 Å². The van der Waals surface area contributed by atoms with Gasteiger partial charge in [0, 0.05) is 17.1 Å². The molecule has 102 valence electrons. The van der Waals surface area contributed by atoms with Crippen LogP contribution in [0.25, 0.3) is 0 Å². The van der Waals surface area contributed by atoms with Gasteiger partial charge in [-0.2, -0.15) is 0 Å². The molecule has 1 rings (SSSR count). The summed E-state index contributed by atoms with van der Waals surface area (Å²) < 4.78 is 41.0. The largest absolute Gasteiger partial charge is 0.493 e. The molecule has 0 atom stereocenters. The van der Waals surface area contributed by atoms with Crippen LogP contribution < -0.4 is 4.74 Å². The van der Waals surface area contributed by atoms with Gasteiger partial charge in [-0.3, -0.25) is 0 Å². The molecule has 0 aliphatic carbocycles. The van der Waals surface area contributed by atoms with Crippen LogP contribution in [0.4, 0.5) is 4.39 Å². The number of hydrogen-bond acceptors (Lipinski definition) is 3. The predicted octanol–water partition coefficient (Wildman–Crippen LogP) is 2.92. The molecule has 0 heterocycles. The molecular weight excluding hydrogens is 323 g/mol. The van der Waals surface area contributed by atoms with Gasteiger partial charge in [0.1, 0.15) is 21.4 Å². The van der Waals surface area contributed by atoms with Crippen LogP contribution in [0.1, 0.15) is 18.9 Å². The third-order valence-electron chi connectivity index (χ3n) is 2.39. The van der Waals surface area contributed by atoms with Crippen LogP contribution in [-0.2, 0) is 15.2 Å². The highest BCUT2D eigenvalue weighted by Crippen LogP contribution is 2.18. The second-order valence-corrected chi connectivity index (χ2v) is 6.90. The molecule has 0 amide bonds. The van der Waals surface area contributed by atoms with E-state index in [1.165, 1.54) is 12.1 Å². The summed E-state index contributed by atoms with van der Waals surface area (Å²) in [6, 6.07) is 4.44. The predicted molar refractivity (Wildman–Crippen MR) is 73.5 cm³/mol. The van der Waals surface area contributed by atoms with E-state index in [9.17, 15) is 12.8 Å². The molecule has 0 aromatic heterocycles. The topological polar surface area (TPSA) is 43.4 Å². The third-order valence-corrected chi connectivity index (χ3v) is 4.83. The van der Waals surface area contributed by atoms with E-state index in [-0.39, 0.29) is 23.9 Å². The van der Waals surface area contributed by atoms with Crippen LogP contribution in [0.2, 0.25) is 0 Å². The Morgan fingerprint density at radius 3 is 2.67 bits per heavy atom. The molecule has 0 saturated heterocycles. The fraction of sp³-hybridized carbons (Fsp3) is 0.500. The quantitative estimate of drug-likeness (QED) is 0.567. The highest BCUT2D eigenvalue weighted by molar-refractivity contribution is 9.08. The molecule has 0 unspecified atom stereocenters. The van der Waals surface area contributed by atoms with E-state index in [2.05, 4.69) is 15.9 Å². The van der Waals surface area contributed by atoms with E-state index < -0.39 is 9.84 Å². The molecule has 0 aliphatic rings. The smallest absolute Gasteiger partial charge is 0.150 e. The maximum absolute atomic E-state index is 13.2. The lowest BCUT2D eigenvalue weighted by molar-refractivity contribution is 0.316. The number of hydrogen-bond donors (Lipinski definition) is 0. The molecule has 0 bridgehead atoms. The Hall–Kier alpha value is -0.620. The molecule has 18 heavy (non-hydrogen) atoms. The second kappa shape index (κ2) is 7.09. The minimum Gasteiger partial charge on any atom is -0.493 e. The number of rotatable bonds is 7. The van der Waals surface area contributed by atoms with Crippen LogP contribution in [0, 0.1) is 5.82 Å². The van der Waals surface area contributed by atoms with Crippen molar-refractivity contribution in [2.24, 2.45) is 0 Å². The van der Waals surface area contributed by atoms with E-state index in [1.54, 1.807) is 13.0 Å². The second-order valence-electron chi connectivity index (χ2n) is 3.87. The lowest BCUT2D eigenvalue weighted by Crippen LogP contribution is -2.11. The number of ether oxygens (including phenoxy) is 1. The summed E-state index contributed by atoms with van der Waals surface area (Å²) in [5, 5.41) is 0.547. The molecule has 0 fully saturated rings. The van der Waals surface area contributed by atoms with Gasteiger partial charge in [0.25, 0.3) is 0 Å². The molecule has 1 aromatic rings. The van der Waals surface area contributed by atoms with Crippen molar-refractivity contribution in [3.8, 4) is 5.75 Å². The summed E-state index contributed by atoms with van der Waals surface area (Å²) in [4.78, 5) is 0. The number of sulfone groups is 1. The molecule has 1 aromatic carbocycles. The summed E-state index contributed by atoms with van der Waals surface area (Å²) in [6.07, 6.45) is 0.413. The maximum atomic E-state index is 13.2. The molecule has 0 aliphatic heterocycles. The standard InChI is InChI=1S/C12H16BrFO3S/c1-2-18(15,16)5-3-4-17-12-7-10(9-13)6-11(14)8-12/h6-8H,2-5,9H2,1H3. The highest BCUT2D eigenvalue weighted by Gasteiger charge is 2.07. The SMILES string of the molecule is CCS(=O)(=O)CCCOc1cc(F)cc(CBr)c1. The first-order chi connectivity index (χ1) is 8.46. The number of alkyl halides is 1. The average Bonchev–Trinajstić information content (AvgIpc) is 2.34. The Morgan fingerprint density at radius 2 is 2.06 bits per heavy atom. The maximum Gasteiger partial charge on any atom is 0.150 e. The molecule has 3 nitrogen and oxygen atoms in total. The van der Waals surface area contributed by atoms with E-state index in [0.29, 0.717) is 17.5 Å². The fourth-order valence-electron chi connectivity index (χ4n) is 1.39. The van der Waals surface area contributed by atoms with Gasteiger partial charge in [-0.05, 0) is 24.1 Å². The van der Waals surface area contributed by atoms with Crippen molar-refractivity contribution in [2.45, 2.75) is 18.7 Å². The van der Waals surface area contributed by atoms with Gasteiger partial charge in [0.15, 0.2) is 0 Å². The van der Waals surface area contributed by atoms with Crippen LogP contribution in [-0.4, -0.2) is 26.5 Å². The Kier molecular flexibility index (Phi) is 6.08. The van der Waals surface area contributed by atoms with E-state index in [0.717, 1.165) is 5.56 Å². The van der Waals surface area contributed by atoms with Crippen molar-refractivity contribution in [3.63, 3.8) is 0 Å². The van der Waals surface area contributed by atoms with Gasteiger partial charge < -0.3 is 4.74 Å². The van der Waals surface area contributed by atoms with Crippen LogP contribution >= 0.6 is 15.9 Å². The molecule has 0 radical (unpaired) electrons. The van der Waals surface area contributed by atoms with Gasteiger partial charge in [-0.15, -0.1) is 0 Å². The number of halogens is 2. The Morgan fingerprint density at radius 1 is 1.33 bits per heavy atom. The van der Waals surface area contributed by atoms with Crippen LogP contribution in [0.15, 0.2) is 18.2 Å². The minimum atomic E-state index is -2.96. The molecular formula is C12H16BrFO3S. The van der Waals surface area contributed by atoms with Crippen molar-refractivity contribution in [1.82, 2.24) is 0 Å². The van der Waals surface area contributed by atoms with Gasteiger partial charge in [0.2, 0.25) is 0 Å². The minimum absolute atomic E-state index is 0.101. The van der Waals surface area contributed by atoms with Crippen LogP contribution in [0.3, 0.4) is 0 Å². The molecule has 0 saturated carbocycles. The normalized spacial score (nSPS) is 11.5. The number of benzene rings is 1. The zero-order chi connectivity index (χ0) is 13.6. The van der Waals surface area contributed by atoms with E-state index in [1.807, 2.05) is 0 Å². The Bertz CT molecular complexity index is 488. The van der Waals surface area contributed by atoms with Crippen molar-refractivity contribution in [2.75, 3.05) is 18.1 Å². The zero-order valence-electron chi connectivity index (χ0n) is 10.2. The monoisotopic (exact) mass is 338 g/mol. The lowest BCUT2D eigenvalue weighted by Gasteiger charge is -2.07. The first kappa shape index (κ1) is 15.4. The molecule has 6 heteroatoms. The summed E-state index contributed by atoms with van der Waals surface area (Å²) in [5.74, 6) is 0.312. The summed E-state index contributed by atoms with van der Waals surface area (Å²) in [6.45, 7) is 1.88. The first-order valence-corrected chi connectivity index (χ1v) is 8.60. The summed E-state index contributed by atoms with van der Waals surface area (Å²) in [7, 11) is -2.96. The van der Waals surface area contributed by atoms with E-state index in [4.69, 9.17) is 4.74 Å². The Labute approximate surface area is 115 Å². The third kappa shape index (κ3) is 5.35. The summed E-state index contributed by atoms with van der Waals surface area (Å²) >= 11 is 3.24. The van der Waals surface area contributed by atoms with Crippen molar-refractivity contribution in [1.29, 1.82) is 0 Å². The van der Waals surface area contributed by atoms with Gasteiger partial charge in [-0.1, -0.05) is 22.9 Å². The van der Waals surface area contributed by atoms with Crippen molar-refractivity contribution in [3.05, 3.63) is 29.6 Å². The average molecular weight is 339 g/mol. The lowest BCUT2D eigenvalue weighted by atomic mass is 10.2. The van der Waals surface area contributed by atoms with Crippen molar-refractivity contribution >= 4 is 25.8 Å². The Balaban J connectivity index is 2.47. The first-order valence-electron chi connectivity index (χ1n) is 5.65. The molecule has 0 N–H and O–H groups in total. The molecule has 0 spiro atoms. The van der Waals surface area contributed by atoms with Crippen molar-refractivity contribution < 1.29 is 17.5 Å². The zero-order valence-corrected chi connectivity index (χ0v) is 12.6. The highest BCUT2D eigenvalue weighted by atomic mass is 79.9. The van der Waals surface area contributed by atoms with Crippen LogP contribution in [0.5, 0.6) is 5.75 Å².